The quantitative estimate of drug-likeness (QED) is 0.361. The molecule has 3 aliphatic rings. The van der Waals surface area contributed by atoms with Crippen molar-refractivity contribution in [1.82, 2.24) is 0 Å². The maximum absolute atomic E-state index is 15.1. The molecule has 1 aromatic carbocycles. The standard InChI is InChI=1S/C22H16F4N2O8/c1-9-2-3-11(7-15(9)36-22(24,25)26)10-4-5-13(12(23)6-10)27-8-14(29)16-17(19(27)30)18(21(31)32)35-20(16)28(33)34/h3-7,9,18,20H,2,8H2,1H3,(H,31,32). The second-order valence-corrected chi connectivity index (χ2v) is 8.19. The molecule has 0 fully saturated rings. The van der Waals surface area contributed by atoms with E-state index in [9.17, 15) is 42.8 Å². The minimum atomic E-state index is -4.90. The number of alkyl halides is 3. The Morgan fingerprint density at radius 3 is 2.56 bits per heavy atom. The van der Waals surface area contributed by atoms with Gasteiger partial charge in [-0.15, -0.1) is 13.2 Å². The third-order valence-electron chi connectivity index (χ3n) is 5.84. The van der Waals surface area contributed by atoms with Crippen LogP contribution in [-0.2, 0) is 23.9 Å². The van der Waals surface area contributed by atoms with E-state index in [1.54, 1.807) is 6.08 Å². The number of rotatable bonds is 5. The fourth-order valence-corrected chi connectivity index (χ4v) is 4.18. The summed E-state index contributed by atoms with van der Waals surface area (Å²) in [7, 11) is 0. The molecule has 4 rings (SSSR count). The van der Waals surface area contributed by atoms with Gasteiger partial charge < -0.3 is 9.84 Å². The van der Waals surface area contributed by atoms with Crippen LogP contribution in [0.15, 0.2) is 47.3 Å². The minimum absolute atomic E-state index is 0.156. The van der Waals surface area contributed by atoms with Crippen LogP contribution in [0, 0.1) is 21.8 Å². The topological polar surface area (TPSA) is 136 Å². The molecule has 1 amide bonds. The van der Waals surface area contributed by atoms with Crippen molar-refractivity contribution in [3.8, 4) is 0 Å². The Bertz CT molecular complexity index is 1280. The Hall–Kier alpha value is -4.07. The van der Waals surface area contributed by atoms with Crippen molar-refractivity contribution >= 4 is 28.9 Å². The number of allylic oxidation sites excluding steroid dienone is 4. The molecule has 0 bridgehead atoms. The van der Waals surface area contributed by atoms with Crippen molar-refractivity contribution in [2.24, 2.45) is 5.92 Å². The second-order valence-electron chi connectivity index (χ2n) is 8.19. The predicted octanol–water partition coefficient (Wildman–Crippen LogP) is 2.97. The van der Waals surface area contributed by atoms with Crippen LogP contribution in [0.3, 0.4) is 0 Å². The van der Waals surface area contributed by atoms with Gasteiger partial charge in [0.05, 0.1) is 22.7 Å². The number of ether oxygens (including phenoxy) is 2. The number of carbonyl (C=O) groups excluding carboxylic acids is 2. The van der Waals surface area contributed by atoms with Crippen LogP contribution in [-0.4, -0.2) is 52.9 Å². The first-order valence-electron chi connectivity index (χ1n) is 10.4. The van der Waals surface area contributed by atoms with Crippen LogP contribution < -0.4 is 4.90 Å². The number of hydrogen-bond donors (Lipinski definition) is 1. The van der Waals surface area contributed by atoms with Crippen LogP contribution in [0.4, 0.5) is 23.2 Å². The molecule has 1 N–H and O–H groups in total. The van der Waals surface area contributed by atoms with Gasteiger partial charge in [0.15, 0.2) is 11.9 Å². The van der Waals surface area contributed by atoms with Gasteiger partial charge >= 0.3 is 18.6 Å². The van der Waals surface area contributed by atoms with E-state index in [1.165, 1.54) is 13.0 Å². The van der Waals surface area contributed by atoms with Crippen LogP contribution in [0.25, 0.3) is 5.57 Å². The molecule has 1 aromatic rings. The molecular weight excluding hydrogens is 496 g/mol. The monoisotopic (exact) mass is 512 g/mol. The van der Waals surface area contributed by atoms with E-state index < -0.39 is 76.4 Å². The number of ketones is 1. The van der Waals surface area contributed by atoms with Gasteiger partial charge in [-0.05, 0) is 35.8 Å². The Labute approximate surface area is 199 Å². The molecule has 190 valence electrons. The molecule has 1 aliphatic carbocycles. The summed E-state index contributed by atoms with van der Waals surface area (Å²) in [6.07, 6.45) is -6.26. The average molecular weight is 512 g/mol. The molecule has 2 aliphatic heterocycles. The van der Waals surface area contributed by atoms with Gasteiger partial charge in [0.25, 0.3) is 5.91 Å². The highest BCUT2D eigenvalue weighted by Crippen LogP contribution is 2.38. The third kappa shape index (κ3) is 4.46. The van der Waals surface area contributed by atoms with E-state index in [2.05, 4.69) is 4.74 Å². The fourth-order valence-electron chi connectivity index (χ4n) is 4.18. The molecule has 14 heteroatoms. The van der Waals surface area contributed by atoms with E-state index in [1.807, 2.05) is 0 Å². The number of carbonyl (C=O) groups is 3. The molecule has 36 heavy (non-hydrogen) atoms. The van der Waals surface area contributed by atoms with Crippen molar-refractivity contribution in [3.63, 3.8) is 0 Å². The molecule has 0 saturated carbocycles. The van der Waals surface area contributed by atoms with Gasteiger partial charge in [0.1, 0.15) is 17.1 Å². The molecule has 0 aromatic heterocycles. The first kappa shape index (κ1) is 25.0. The number of nitrogens with zero attached hydrogens (tertiary/aromatic N) is 2. The van der Waals surface area contributed by atoms with E-state index in [0.717, 1.165) is 18.2 Å². The zero-order valence-electron chi connectivity index (χ0n) is 18.2. The molecule has 3 unspecified atom stereocenters. The SMILES string of the molecule is CC1CC=C(c2ccc(N3CC(=O)C4=C(C3=O)C(C(=O)O)OC4[N+](=O)[O-])c(F)c2)C=C1OC(F)(F)F. The van der Waals surface area contributed by atoms with Crippen molar-refractivity contribution in [1.29, 1.82) is 0 Å². The zero-order valence-corrected chi connectivity index (χ0v) is 18.2. The number of benzene rings is 1. The number of carboxylic acids is 1. The van der Waals surface area contributed by atoms with Crippen molar-refractivity contribution in [3.05, 3.63) is 68.8 Å². The summed E-state index contributed by atoms with van der Waals surface area (Å²) < 4.78 is 62.0. The fraction of sp³-hybridized carbons (Fsp3) is 0.318. The molecular formula is C22H16F4N2O8. The smallest absolute Gasteiger partial charge is 0.479 e. The lowest BCUT2D eigenvalue weighted by molar-refractivity contribution is -0.561. The summed E-state index contributed by atoms with van der Waals surface area (Å²) in [5, 5.41) is 20.6. The lowest BCUT2D eigenvalue weighted by atomic mass is 9.92. The summed E-state index contributed by atoms with van der Waals surface area (Å²) in [6, 6.07) is 3.32. The first-order chi connectivity index (χ1) is 16.8. The van der Waals surface area contributed by atoms with E-state index in [4.69, 9.17) is 4.74 Å². The minimum Gasteiger partial charge on any atom is -0.479 e. The molecule has 10 nitrogen and oxygen atoms in total. The lowest BCUT2D eigenvalue weighted by Gasteiger charge is -2.28. The number of aliphatic carboxylic acids is 1. The van der Waals surface area contributed by atoms with E-state index in [0.29, 0.717) is 4.90 Å². The maximum Gasteiger partial charge on any atom is 0.572 e. The van der Waals surface area contributed by atoms with Crippen LogP contribution >= 0.6 is 0 Å². The van der Waals surface area contributed by atoms with Gasteiger partial charge in [-0.2, -0.15) is 0 Å². The maximum atomic E-state index is 15.1. The molecule has 0 spiro atoms. The Kier molecular flexibility index (Phi) is 6.16. The summed E-state index contributed by atoms with van der Waals surface area (Å²) in [6.45, 7) is 0.717. The number of hydrogen-bond acceptors (Lipinski definition) is 7. The van der Waals surface area contributed by atoms with Crippen LogP contribution in [0.1, 0.15) is 18.9 Å². The van der Waals surface area contributed by atoms with Crippen LogP contribution in [0.5, 0.6) is 0 Å². The summed E-state index contributed by atoms with van der Waals surface area (Å²) in [4.78, 5) is 48.0. The predicted molar refractivity (Wildman–Crippen MR) is 111 cm³/mol. The number of nitro groups is 1. The highest BCUT2D eigenvalue weighted by atomic mass is 19.4. The highest BCUT2D eigenvalue weighted by molar-refractivity contribution is 6.22. The Balaban J connectivity index is 1.67. The van der Waals surface area contributed by atoms with Crippen molar-refractivity contribution < 1.29 is 51.4 Å². The molecule has 2 heterocycles. The summed E-state index contributed by atoms with van der Waals surface area (Å²) in [5.41, 5.74) is -1.51. The van der Waals surface area contributed by atoms with E-state index in [-0.39, 0.29) is 23.3 Å². The first-order valence-corrected chi connectivity index (χ1v) is 10.4. The Morgan fingerprint density at radius 2 is 1.97 bits per heavy atom. The van der Waals surface area contributed by atoms with Gasteiger partial charge in [0, 0.05) is 5.92 Å². The van der Waals surface area contributed by atoms with Crippen molar-refractivity contribution in [2.75, 3.05) is 11.4 Å². The van der Waals surface area contributed by atoms with Gasteiger partial charge in [0.2, 0.25) is 0 Å². The number of anilines is 1. The zero-order chi connectivity index (χ0) is 26.5. The second kappa shape index (κ2) is 8.86. The van der Waals surface area contributed by atoms with Gasteiger partial charge in [-0.1, -0.05) is 19.1 Å². The lowest BCUT2D eigenvalue weighted by Crippen LogP contribution is -2.45. The average Bonchev–Trinajstić information content (AvgIpc) is 3.19. The number of amides is 1. The summed E-state index contributed by atoms with van der Waals surface area (Å²) in [5.74, 6) is -5.85. The van der Waals surface area contributed by atoms with Crippen LogP contribution in [0.2, 0.25) is 0 Å². The highest BCUT2D eigenvalue weighted by Gasteiger charge is 2.54. The number of halogens is 4. The third-order valence-corrected chi connectivity index (χ3v) is 5.84. The number of carboxylic acid groups (broad SMARTS) is 1. The molecule has 0 saturated heterocycles. The molecule has 0 radical (unpaired) electrons. The van der Waals surface area contributed by atoms with E-state index >= 15 is 4.39 Å². The largest absolute Gasteiger partial charge is 0.572 e. The Morgan fingerprint density at radius 1 is 1.28 bits per heavy atom. The molecule has 3 atom stereocenters. The summed E-state index contributed by atoms with van der Waals surface area (Å²) >= 11 is 0. The normalized spacial score (nSPS) is 24.4. The van der Waals surface area contributed by atoms with Crippen molar-refractivity contribution in [2.45, 2.75) is 32.0 Å². The van der Waals surface area contributed by atoms with Gasteiger partial charge in [-0.3, -0.25) is 29.3 Å². The van der Waals surface area contributed by atoms with Gasteiger partial charge in [-0.25, -0.2) is 9.18 Å². The number of Topliss-reactive ketones (excluding diaryl/α,β-unsaturated/α-hetero) is 1.